The van der Waals surface area contributed by atoms with Crippen LogP contribution in [0.4, 0.5) is 0 Å². The number of aliphatic hydroxyl groups excluding tert-OH is 1. The smallest absolute Gasteiger partial charge is 0.184 e. The third-order valence-electron chi connectivity index (χ3n) is 4.96. The van der Waals surface area contributed by atoms with Gasteiger partial charge < -0.3 is 28.8 Å². The molecule has 6 heteroatoms. The highest BCUT2D eigenvalue weighted by molar-refractivity contribution is 4.92. The number of ether oxygens (including phenoxy) is 5. The van der Waals surface area contributed by atoms with Gasteiger partial charge >= 0.3 is 0 Å². The van der Waals surface area contributed by atoms with Gasteiger partial charge in [-0.1, -0.05) is 53.4 Å². The van der Waals surface area contributed by atoms with E-state index in [9.17, 15) is 5.11 Å². The molecule has 0 aliphatic carbocycles. The average molecular weight is 405 g/mol. The molecule has 1 rings (SSSR count). The zero-order chi connectivity index (χ0) is 20.6. The second kappa shape index (κ2) is 16.5. The number of aliphatic hydroxyl groups is 1. The van der Waals surface area contributed by atoms with Crippen molar-refractivity contribution < 1.29 is 28.8 Å². The lowest BCUT2D eigenvalue weighted by Gasteiger charge is -2.44. The molecule has 0 aromatic rings. The van der Waals surface area contributed by atoms with E-state index in [0.717, 1.165) is 51.4 Å². The van der Waals surface area contributed by atoms with E-state index in [0.29, 0.717) is 33.0 Å². The first kappa shape index (κ1) is 25.8. The molecule has 0 saturated carbocycles. The maximum Gasteiger partial charge on any atom is 0.184 e. The largest absolute Gasteiger partial charge is 0.379 e. The fourth-order valence-electron chi connectivity index (χ4n) is 3.13. The Hall–Kier alpha value is -0.240. The lowest BCUT2D eigenvalue weighted by molar-refractivity contribution is -0.312. The monoisotopic (exact) mass is 404 g/mol. The summed E-state index contributed by atoms with van der Waals surface area (Å²) in [7, 11) is 0. The molecule has 0 unspecified atom stereocenters. The third kappa shape index (κ3) is 9.51. The van der Waals surface area contributed by atoms with Crippen molar-refractivity contribution in [3.63, 3.8) is 0 Å². The van der Waals surface area contributed by atoms with Gasteiger partial charge in [-0.05, 0) is 25.7 Å². The minimum absolute atomic E-state index is 0.306. The Balaban J connectivity index is 2.84. The summed E-state index contributed by atoms with van der Waals surface area (Å²) in [5.41, 5.74) is 0. The van der Waals surface area contributed by atoms with Crippen LogP contribution < -0.4 is 0 Å². The van der Waals surface area contributed by atoms with E-state index >= 15 is 0 Å². The predicted octanol–water partition coefficient (Wildman–Crippen LogP) is 4.08. The van der Waals surface area contributed by atoms with Crippen molar-refractivity contribution in [2.75, 3.05) is 33.0 Å². The lowest BCUT2D eigenvalue weighted by Crippen LogP contribution is -2.61. The minimum atomic E-state index is -1.03. The van der Waals surface area contributed by atoms with Gasteiger partial charge in [-0.25, -0.2) is 0 Å². The van der Waals surface area contributed by atoms with Gasteiger partial charge in [0, 0.05) is 26.4 Å². The van der Waals surface area contributed by atoms with Gasteiger partial charge in [0.2, 0.25) is 0 Å². The summed E-state index contributed by atoms with van der Waals surface area (Å²) >= 11 is 0. The van der Waals surface area contributed by atoms with Crippen LogP contribution in [-0.2, 0) is 23.7 Å². The molecular weight excluding hydrogens is 360 g/mol. The Labute approximate surface area is 172 Å². The maximum absolute atomic E-state index is 10.6. The summed E-state index contributed by atoms with van der Waals surface area (Å²) in [6.07, 6.45) is 5.53. The first-order chi connectivity index (χ1) is 13.7. The number of hydrogen-bond donors (Lipinski definition) is 1. The van der Waals surface area contributed by atoms with Crippen molar-refractivity contribution in [2.45, 2.75) is 110 Å². The topological polar surface area (TPSA) is 66.4 Å². The van der Waals surface area contributed by atoms with Gasteiger partial charge in [0.25, 0.3) is 0 Å². The molecule has 1 saturated heterocycles. The molecular formula is C22H44O6. The molecule has 1 fully saturated rings. The minimum Gasteiger partial charge on any atom is -0.379 e. The molecule has 1 N–H and O–H groups in total. The molecule has 1 aliphatic heterocycles. The Bertz CT molecular complexity index is 354. The summed E-state index contributed by atoms with van der Waals surface area (Å²) in [5.74, 6) is 0. The van der Waals surface area contributed by atoms with Crippen molar-refractivity contribution in [3.8, 4) is 0 Å². The molecule has 0 spiro atoms. The molecule has 0 bridgehead atoms. The fourth-order valence-corrected chi connectivity index (χ4v) is 3.13. The second-order valence-electron chi connectivity index (χ2n) is 7.56. The van der Waals surface area contributed by atoms with E-state index < -0.39 is 12.4 Å². The average Bonchev–Trinajstić information content (AvgIpc) is 2.69. The third-order valence-corrected chi connectivity index (χ3v) is 4.96. The van der Waals surface area contributed by atoms with Crippen molar-refractivity contribution >= 4 is 0 Å². The molecule has 6 nitrogen and oxygen atoms in total. The molecule has 1 heterocycles. The van der Waals surface area contributed by atoms with Crippen molar-refractivity contribution in [1.82, 2.24) is 0 Å². The van der Waals surface area contributed by atoms with Gasteiger partial charge in [0.05, 0.1) is 6.61 Å². The van der Waals surface area contributed by atoms with Gasteiger partial charge in [0.15, 0.2) is 6.29 Å². The number of hydrogen-bond acceptors (Lipinski definition) is 6. The van der Waals surface area contributed by atoms with Crippen LogP contribution >= 0.6 is 0 Å². The van der Waals surface area contributed by atoms with Gasteiger partial charge in [-0.3, -0.25) is 0 Å². The molecule has 5 atom stereocenters. The van der Waals surface area contributed by atoms with Crippen molar-refractivity contribution in [2.24, 2.45) is 0 Å². The SMILES string of the molecule is CCCCOC[C@H]1O[C@@H](O)[C@H](OCCCC)[C@H](OCCCC)[C@@H]1OCCCC. The normalized spacial score (nSPS) is 28.0. The van der Waals surface area contributed by atoms with Crippen LogP contribution in [-0.4, -0.2) is 68.8 Å². The number of rotatable bonds is 17. The maximum atomic E-state index is 10.6. The van der Waals surface area contributed by atoms with Crippen LogP contribution in [0, 0.1) is 0 Å². The van der Waals surface area contributed by atoms with Gasteiger partial charge in [-0.2, -0.15) is 0 Å². The first-order valence-corrected chi connectivity index (χ1v) is 11.5. The van der Waals surface area contributed by atoms with Gasteiger partial charge in [0.1, 0.15) is 24.4 Å². The highest BCUT2D eigenvalue weighted by atomic mass is 16.7. The second-order valence-corrected chi connectivity index (χ2v) is 7.56. The Kier molecular flexibility index (Phi) is 15.2. The molecule has 168 valence electrons. The van der Waals surface area contributed by atoms with Crippen molar-refractivity contribution in [3.05, 3.63) is 0 Å². The van der Waals surface area contributed by atoms with E-state index in [4.69, 9.17) is 23.7 Å². The Morgan fingerprint density at radius 3 is 1.64 bits per heavy atom. The molecule has 28 heavy (non-hydrogen) atoms. The van der Waals surface area contributed by atoms with E-state index in [2.05, 4.69) is 27.7 Å². The predicted molar refractivity (Wildman–Crippen MR) is 111 cm³/mol. The van der Waals surface area contributed by atoms with Crippen LogP contribution in [0.5, 0.6) is 0 Å². The Morgan fingerprint density at radius 2 is 1.11 bits per heavy atom. The zero-order valence-electron chi connectivity index (χ0n) is 18.6. The molecule has 0 aromatic carbocycles. The summed E-state index contributed by atoms with van der Waals surface area (Å²) in [6, 6.07) is 0. The molecule has 0 radical (unpaired) electrons. The van der Waals surface area contributed by atoms with Crippen molar-refractivity contribution in [1.29, 1.82) is 0 Å². The van der Waals surface area contributed by atoms with Crippen LogP contribution in [0.2, 0.25) is 0 Å². The standard InChI is InChI=1S/C22H44O6/c1-5-9-13-24-17-18-19(25-14-10-6-2)20(26-15-11-7-3)21(22(23)28-18)27-16-12-8-4/h18-23H,5-17H2,1-4H3/t18-,19-,20-,21-,22-/m1/s1. The first-order valence-electron chi connectivity index (χ1n) is 11.5. The molecule has 0 aromatic heterocycles. The van der Waals surface area contributed by atoms with Gasteiger partial charge in [-0.15, -0.1) is 0 Å². The summed E-state index contributed by atoms with van der Waals surface area (Å²) < 4.78 is 30.1. The quantitative estimate of drug-likeness (QED) is 0.369. The van der Waals surface area contributed by atoms with Crippen LogP contribution in [0.25, 0.3) is 0 Å². The van der Waals surface area contributed by atoms with Crippen LogP contribution in [0.1, 0.15) is 79.1 Å². The van der Waals surface area contributed by atoms with E-state index in [1.807, 2.05) is 0 Å². The van der Waals surface area contributed by atoms with E-state index in [1.165, 1.54) is 0 Å². The van der Waals surface area contributed by atoms with E-state index in [1.54, 1.807) is 0 Å². The Morgan fingerprint density at radius 1 is 0.643 bits per heavy atom. The summed E-state index contributed by atoms with van der Waals surface area (Å²) in [6.45, 7) is 11.5. The van der Waals surface area contributed by atoms with Crippen LogP contribution in [0.3, 0.4) is 0 Å². The summed E-state index contributed by atoms with van der Waals surface area (Å²) in [4.78, 5) is 0. The van der Waals surface area contributed by atoms with Crippen LogP contribution in [0.15, 0.2) is 0 Å². The summed E-state index contributed by atoms with van der Waals surface area (Å²) in [5, 5.41) is 10.6. The highest BCUT2D eigenvalue weighted by Crippen LogP contribution is 2.28. The van der Waals surface area contributed by atoms with E-state index in [-0.39, 0.29) is 18.3 Å². The zero-order valence-corrected chi connectivity index (χ0v) is 18.6. The number of unbranched alkanes of at least 4 members (excludes halogenated alkanes) is 4. The molecule has 0 amide bonds. The lowest BCUT2D eigenvalue weighted by atomic mass is 9.98. The molecule has 1 aliphatic rings. The fraction of sp³-hybridized carbons (Fsp3) is 1.00. The highest BCUT2D eigenvalue weighted by Gasteiger charge is 2.47.